The van der Waals surface area contributed by atoms with Crippen LogP contribution < -0.4 is 0 Å². The van der Waals surface area contributed by atoms with Crippen LogP contribution in [-0.4, -0.2) is 13.1 Å². The second kappa shape index (κ2) is 6.05. The lowest BCUT2D eigenvalue weighted by molar-refractivity contribution is -0.139. The fourth-order valence-corrected chi connectivity index (χ4v) is 1.35. The minimum absolute atomic E-state index is 0.0470. The summed E-state index contributed by atoms with van der Waals surface area (Å²) >= 11 is 0. The number of benzene rings is 1. The van der Waals surface area contributed by atoms with Crippen LogP contribution in [0, 0.1) is 11.3 Å². The Hall–Kier alpha value is -2.29. The van der Waals surface area contributed by atoms with Crippen LogP contribution in [0.5, 0.6) is 0 Å². The third kappa shape index (κ3) is 4.47. The van der Waals surface area contributed by atoms with Gasteiger partial charge in [-0.25, -0.2) is 0 Å². The molecule has 0 radical (unpaired) electrons. The van der Waals surface area contributed by atoms with Crippen molar-refractivity contribution in [3.8, 4) is 6.07 Å². The Kier molecular flexibility index (Phi) is 4.70. The zero-order valence-electron chi connectivity index (χ0n) is 9.99. The summed E-state index contributed by atoms with van der Waals surface area (Å²) in [6.45, 7) is 0. The predicted molar refractivity (Wildman–Crippen MR) is 61.8 cm³/mol. The van der Waals surface area contributed by atoms with Crippen molar-refractivity contribution in [2.45, 2.75) is 12.6 Å². The second-order valence-electron chi connectivity index (χ2n) is 3.64. The number of rotatable bonds is 3. The molecular formula is C13H10F3NO2. The topological polar surface area (TPSA) is 50.1 Å². The van der Waals surface area contributed by atoms with E-state index in [1.165, 1.54) is 25.3 Å². The number of esters is 1. The molecule has 0 spiro atoms. The molecule has 1 rings (SSSR count). The van der Waals surface area contributed by atoms with Crippen LogP contribution in [0.3, 0.4) is 0 Å². The van der Waals surface area contributed by atoms with Gasteiger partial charge in [-0.15, -0.1) is 0 Å². The van der Waals surface area contributed by atoms with Crippen LogP contribution >= 0.6 is 0 Å². The van der Waals surface area contributed by atoms with Crippen LogP contribution in [0.25, 0.3) is 6.08 Å². The molecular weight excluding hydrogens is 259 g/mol. The van der Waals surface area contributed by atoms with Gasteiger partial charge in [0.05, 0.1) is 30.7 Å². The van der Waals surface area contributed by atoms with E-state index < -0.39 is 17.7 Å². The summed E-state index contributed by atoms with van der Waals surface area (Å²) < 4.78 is 42.1. The van der Waals surface area contributed by atoms with Crippen molar-refractivity contribution in [2.75, 3.05) is 7.11 Å². The molecule has 0 aromatic heterocycles. The number of nitrogens with zero attached hydrogens (tertiary/aromatic N) is 1. The number of methoxy groups -OCH3 is 1. The number of halogens is 3. The minimum Gasteiger partial charge on any atom is -0.469 e. The first-order valence-corrected chi connectivity index (χ1v) is 5.22. The third-order valence-electron chi connectivity index (χ3n) is 2.23. The van der Waals surface area contributed by atoms with Gasteiger partial charge in [0.2, 0.25) is 0 Å². The summed E-state index contributed by atoms with van der Waals surface area (Å²) in [6, 6.07) is 4.66. The number of ether oxygens (including phenoxy) is 1. The lowest BCUT2D eigenvalue weighted by Gasteiger charge is -2.07. The maximum absolute atomic E-state index is 12.6. The van der Waals surface area contributed by atoms with E-state index in [1.54, 1.807) is 6.07 Å². The van der Waals surface area contributed by atoms with E-state index in [1.807, 2.05) is 0 Å². The lowest BCUT2D eigenvalue weighted by atomic mass is 10.1. The normalized spacial score (nSPS) is 11.3. The molecule has 100 valence electrons. The van der Waals surface area contributed by atoms with E-state index in [0.29, 0.717) is 0 Å². The molecule has 3 nitrogen and oxygen atoms in total. The van der Waals surface area contributed by atoms with Gasteiger partial charge in [-0.3, -0.25) is 4.79 Å². The smallest absolute Gasteiger partial charge is 0.416 e. The van der Waals surface area contributed by atoms with Crippen LogP contribution in [0.2, 0.25) is 0 Å². The fourth-order valence-electron chi connectivity index (χ4n) is 1.35. The van der Waals surface area contributed by atoms with Gasteiger partial charge in [-0.05, 0) is 23.8 Å². The van der Waals surface area contributed by atoms with Gasteiger partial charge in [0.25, 0.3) is 0 Å². The number of carbonyl (C=O) groups is 1. The zero-order chi connectivity index (χ0) is 14.5. The average molecular weight is 269 g/mol. The van der Waals surface area contributed by atoms with Gasteiger partial charge in [-0.2, -0.15) is 18.4 Å². The van der Waals surface area contributed by atoms with E-state index >= 15 is 0 Å². The van der Waals surface area contributed by atoms with Gasteiger partial charge in [0.1, 0.15) is 0 Å². The Bertz CT molecular complexity index is 542. The molecule has 0 saturated carbocycles. The number of alkyl halides is 3. The first-order valence-electron chi connectivity index (χ1n) is 5.22. The molecule has 1 aromatic rings. The Morgan fingerprint density at radius 2 is 2.11 bits per heavy atom. The summed E-state index contributed by atoms with van der Waals surface area (Å²) in [6.07, 6.45) is -1.85. The molecule has 0 saturated heterocycles. The largest absolute Gasteiger partial charge is 0.469 e. The quantitative estimate of drug-likeness (QED) is 0.792. The number of nitriles is 1. The SMILES string of the molecule is COC(=O)CC=Cc1cc(C#N)cc(C(F)(F)F)c1. The van der Waals surface area contributed by atoms with E-state index in [4.69, 9.17) is 5.26 Å². The number of carbonyl (C=O) groups excluding carboxylic acids is 1. The first kappa shape index (κ1) is 14.8. The van der Waals surface area contributed by atoms with Crippen molar-refractivity contribution in [3.05, 3.63) is 41.0 Å². The zero-order valence-corrected chi connectivity index (χ0v) is 9.99. The Morgan fingerprint density at radius 1 is 1.42 bits per heavy atom. The maximum Gasteiger partial charge on any atom is 0.416 e. The van der Waals surface area contributed by atoms with Crippen molar-refractivity contribution >= 4 is 12.0 Å². The first-order chi connectivity index (χ1) is 8.86. The highest BCUT2D eigenvalue weighted by Crippen LogP contribution is 2.30. The molecule has 0 atom stereocenters. The van der Waals surface area contributed by atoms with Gasteiger partial charge < -0.3 is 4.74 Å². The molecule has 0 heterocycles. The van der Waals surface area contributed by atoms with Crippen molar-refractivity contribution in [1.29, 1.82) is 5.26 Å². The minimum atomic E-state index is -4.52. The highest BCUT2D eigenvalue weighted by Gasteiger charge is 2.31. The average Bonchev–Trinajstić information content (AvgIpc) is 2.37. The fraction of sp³-hybridized carbons (Fsp3) is 0.231. The van der Waals surface area contributed by atoms with E-state index in [2.05, 4.69) is 4.74 Å². The van der Waals surface area contributed by atoms with Crippen molar-refractivity contribution in [3.63, 3.8) is 0 Å². The molecule has 1 aromatic carbocycles. The number of hydrogen-bond acceptors (Lipinski definition) is 3. The summed E-state index contributed by atoms with van der Waals surface area (Å²) in [7, 11) is 1.22. The van der Waals surface area contributed by atoms with Crippen molar-refractivity contribution in [2.24, 2.45) is 0 Å². The molecule has 0 N–H and O–H groups in total. The van der Waals surface area contributed by atoms with Crippen LogP contribution in [0.4, 0.5) is 13.2 Å². The standard InChI is InChI=1S/C13H10F3NO2/c1-19-12(18)4-2-3-9-5-10(8-17)7-11(6-9)13(14,15)16/h2-3,5-7H,4H2,1H3. The highest BCUT2D eigenvalue weighted by atomic mass is 19.4. The van der Waals surface area contributed by atoms with Gasteiger partial charge in [0, 0.05) is 0 Å². The van der Waals surface area contributed by atoms with Crippen molar-refractivity contribution in [1.82, 2.24) is 0 Å². The van der Waals surface area contributed by atoms with Gasteiger partial charge >= 0.3 is 12.1 Å². The van der Waals surface area contributed by atoms with Gasteiger partial charge in [-0.1, -0.05) is 12.2 Å². The monoisotopic (exact) mass is 269 g/mol. The molecule has 0 unspecified atom stereocenters. The predicted octanol–water partition coefficient (Wildman–Crippen LogP) is 3.15. The third-order valence-corrected chi connectivity index (χ3v) is 2.23. The lowest BCUT2D eigenvalue weighted by Crippen LogP contribution is -2.05. The molecule has 0 aliphatic rings. The Balaban J connectivity index is 3.02. The summed E-state index contributed by atoms with van der Waals surface area (Å²) in [5.74, 6) is -0.497. The second-order valence-corrected chi connectivity index (χ2v) is 3.64. The molecule has 0 fully saturated rings. The Labute approximate surface area is 107 Å². The van der Waals surface area contributed by atoms with Crippen molar-refractivity contribution < 1.29 is 22.7 Å². The van der Waals surface area contributed by atoms with Crippen LogP contribution in [-0.2, 0) is 15.7 Å². The summed E-state index contributed by atoms with van der Waals surface area (Å²) in [5.41, 5.74) is -0.785. The van der Waals surface area contributed by atoms with Crippen LogP contribution in [0.1, 0.15) is 23.1 Å². The number of hydrogen-bond donors (Lipinski definition) is 0. The molecule has 0 aliphatic heterocycles. The summed E-state index contributed by atoms with van der Waals surface area (Å²) in [5, 5.41) is 8.69. The van der Waals surface area contributed by atoms with Gasteiger partial charge in [0.15, 0.2) is 0 Å². The molecule has 6 heteroatoms. The summed E-state index contributed by atoms with van der Waals surface area (Å²) in [4.78, 5) is 10.8. The van der Waals surface area contributed by atoms with Crippen LogP contribution in [0.15, 0.2) is 24.3 Å². The van der Waals surface area contributed by atoms with E-state index in [9.17, 15) is 18.0 Å². The Morgan fingerprint density at radius 3 is 2.63 bits per heavy atom. The molecule has 0 bridgehead atoms. The van der Waals surface area contributed by atoms with E-state index in [0.717, 1.165) is 12.1 Å². The highest BCUT2D eigenvalue weighted by molar-refractivity contribution is 5.72. The molecule has 0 aliphatic carbocycles. The maximum atomic E-state index is 12.6. The van der Waals surface area contributed by atoms with E-state index in [-0.39, 0.29) is 17.5 Å². The molecule has 19 heavy (non-hydrogen) atoms. The molecule has 0 amide bonds.